The molecule has 0 aliphatic heterocycles. The van der Waals surface area contributed by atoms with Gasteiger partial charge in [0.05, 0.1) is 0 Å². The van der Waals surface area contributed by atoms with Gasteiger partial charge in [-0.05, 0) is 48.7 Å². The molecule has 0 saturated heterocycles. The topological polar surface area (TPSA) is 131 Å². The van der Waals surface area contributed by atoms with Crippen molar-refractivity contribution < 1.29 is 19.1 Å². The van der Waals surface area contributed by atoms with E-state index in [9.17, 15) is 19.2 Å². The maximum Gasteiger partial charge on any atom is 0.355 e. The number of aromatic nitrogens is 1. The van der Waals surface area contributed by atoms with Gasteiger partial charge in [0.15, 0.2) is 6.10 Å². The molecule has 8 nitrogen and oxygen atoms in total. The molecular weight excluding hydrogens is 362 g/mol. The molecule has 4 N–H and O–H groups in total. The van der Waals surface area contributed by atoms with Gasteiger partial charge in [0.2, 0.25) is 5.91 Å². The van der Waals surface area contributed by atoms with E-state index in [-0.39, 0.29) is 5.69 Å². The van der Waals surface area contributed by atoms with Gasteiger partial charge in [-0.3, -0.25) is 14.4 Å². The number of aromatic amines is 1. The number of nitrogens with one attached hydrogen (secondary N) is 2. The summed E-state index contributed by atoms with van der Waals surface area (Å²) in [6, 6.07) is 14.3. The van der Waals surface area contributed by atoms with E-state index in [4.69, 9.17) is 10.5 Å². The molecule has 2 amide bonds. The highest BCUT2D eigenvalue weighted by molar-refractivity contribution is 5.98. The number of H-pyrrole nitrogens is 1. The number of carbonyl (C=O) groups excluding carboxylic acids is 3. The molecule has 28 heavy (non-hydrogen) atoms. The average molecular weight is 379 g/mol. The minimum absolute atomic E-state index is 0.0471. The number of fused-ring (bicyclic) bond motifs is 1. The number of carbonyl (C=O) groups is 3. The molecule has 0 aliphatic carbocycles. The summed E-state index contributed by atoms with van der Waals surface area (Å²) in [5, 5.41) is 3.60. The second-order valence-electron chi connectivity index (χ2n) is 6.08. The van der Waals surface area contributed by atoms with Crippen LogP contribution in [0.5, 0.6) is 0 Å². The summed E-state index contributed by atoms with van der Waals surface area (Å²) in [4.78, 5) is 50.1. The first-order valence-corrected chi connectivity index (χ1v) is 8.39. The lowest BCUT2D eigenvalue weighted by atomic mass is 10.1. The highest BCUT2D eigenvalue weighted by Gasteiger charge is 2.20. The Morgan fingerprint density at radius 3 is 2.43 bits per heavy atom. The van der Waals surface area contributed by atoms with Crippen molar-refractivity contribution in [3.8, 4) is 0 Å². The second-order valence-corrected chi connectivity index (χ2v) is 6.08. The largest absolute Gasteiger partial charge is 0.448 e. The van der Waals surface area contributed by atoms with Gasteiger partial charge >= 0.3 is 5.97 Å². The third kappa shape index (κ3) is 4.07. The Hall–Kier alpha value is -3.94. The van der Waals surface area contributed by atoms with Crippen molar-refractivity contribution >= 4 is 34.2 Å². The van der Waals surface area contributed by atoms with Crippen molar-refractivity contribution in [2.24, 2.45) is 5.73 Å². The molecule has 1 aromatic heterocycles. The van der Waals surface area contributed by atoms with Gasteiger partial charge in [-0.2, -0.15) is 0 Å². The van der Waals surface area contributed by atoms with Gasteiger partial charge < -0.3 is 20.8 Å². The van der Waals surface area contributed by atoms with E-state index in [0.29, 0.717) is 22.0 Å². The molecule has 3 rings (SSSR count). The molecule has 0 radical (unpaired) electrons. The maximum atomic E-state index is 12.3. The summed E-state index contributed by atoms with van der Waals surface area (Å²) in [5.41, 5.74) is 5.41. The summed E-state index contributed by atoms with van der Waals surface area (Å²) in [7, 11) is 0. The van der Waals surface area contributed by atoms with E-state index in [0.717, 1.165) is 0 Å². The van der Waals surface area contributed by atoms with Gasteiger partial charge in [-0.25, -0.2) is 4.79 Å². The molecule has 0 aliphatic rings. The number of anilines is 1. The quantitative estimate of drug-likeness (QED) is 0.582. The van der Waals surface area contributed by atoms with Crippen LogP contribution in [0.25, 0.3) is 10.8 Å². The molecular formula is C20H17N3O5. The van der Waals surface area contributed by atoms with E-state index < -0.39 is 29.4 Å². The number of amides is 2. The fraction of sp³-hybridized carbons (Fsp3) is 0.100. The average Bonchev–Trinajstić information content (AvgIpc) is 2.68. The SMILES string of the molecule is C[C@@H](OC(=O)c1cc2ccccc2c(=O)[nH]1)C(=O)Nc1ccc(C(N)=O)cc1. The van der Waals surface area contributed by atoms with Gasteiger partial charge in [-0.1, -0.05) is 18.2 Å². The van der Waals surface area contributed by atoms with Crippen LogP contribution in [0.15, 0.2) is 59.4 Å². The number of hydrogen-bond acceptors (Lipinski definition) is 5. The number of ether oxygens (including phenoxy) is 1. The van der Waals surface area contributed by atoms with Crippen LogP contribution in [0.2, 0.25) is 0 Å². The fourth-order valence-electron chi connectivity index (χ4n) is 2.56. The molecule has 3 aromatic rings. The Morgan fingerprint density at radius 1 is 1.07 bits per heavy atom. The Kier molecular flexibility index (Phi) is 5.21. The van der Waals surface area contributed by atoms with Crippen LogP contribution in [0.4, 0.5) is 5.69 Å². The first-order chi connectivity index (χ1) is 13.3. The third-order valence-electron chi connectivity index (χ3n) is 4.06. The van der Waals surface area contributed by atoms with E-state index >= 15 is 0 Å². The molecule has 0 saturated carbocycles. The molecule has 0 unspecified atom stereocenters. The Morgan fingerprint density at radius 2 is 1.75 bits per heavy atom. The summed E-state index contributed by atoms with van der Waals surface area (Å²) in [6.07, 6.45) is -1.11. The Bertz CT molecular complexity index is 1120. The zero-order valence-corrected chi connectivity index (χ0v) is 14.9. The number of esters is 1. The van der Waals surface area contributed by atoms with Crippen molar-refractivity contribution in [2.45, 2.75) is 13.0 Å². The fourth-order valence-corrected chi connectivity index (χ4v) is 2.56. The van der Waals surface area contributed by atoms with Crippen molar-refractivity contribution in [1.82, 2.24) is 4.98 Å². The van der Waals surface area contributed by atoms with Crippen molar-refractivity contribution in [3.63, 3.8) is 0 Å². The Labute approximate surface area is 159 Å². The highest BCUT2D eigenvalue weighted by Crippen LogP contribution is 2.13. The van der Waals surface area contributed by atoms with Crippen LogP contribution in [-0.2, 0) is 9.53 Å². The Balaban J connectivity index is 1.69. The maximum absolute atomic E-state index is 12.3. The molecule has 2 aromatic carbocycles. The zero-order chi connectivity index (χ0) is 20.3. The van der Waals surface area contributed by atoms with Crippen molar-refractivity contribution in [2.75, 3.05) is 5.32 Å². The lowest BCUT2D eigenvalue weighted by molar-refractivity contribution is -0.123. The highest BCUT2D eigenvalue weighted by atomic mass is 16.5. The van der Waals surface area contributed by atoms with E-state index in [1.807, 2.05) is 0 Å². The normalized spacial score (nSPS) is 11.6. The van der Waals surface area contributed by atoms with E-state index in [2.05, 4.69) is 10.3 Å². The van der Waals surface area contributed by atoms with E-state index in [1.54, 1.807) is 24.3 Å². The number of hydrogen-bond donors (Lipinski definition) is 3. The number of rotatable bonds is 5. The summed E-state index contributed by atoms with van der Waals surface area (Å²) in [6.45, 7) is 1.41. The number of benzene rings is 2. The molecule has 0 bridgehead atoms. The van der Waals surface area contributed by atoms with Crippen LogP contribution >= 0.6 is 0 Å². The molecule has 1 atom stereocenters. The van der Waals surface area contributed by atoms with Gasteiger partial charge in [0, 0.05) is 16.6 Å². The predicted molar refractivity (Wildman–Crippen MR) is 103 cm³/mol. The monoisotopic (exact) mass is 379 g/mol. The predicted octanol–water partition coefficient (Wildman–Crippen LogP) is 1.81. The minimum Gasteiger partial charge on any atom is -0.448 e. The first kappa shape index (κ1) is 18.8. The van der Waals surface area contributed by atoms with E-state index in [1.165, 1.54) is 37.3 Å². The lowest BCUT2D eigenvalue weighted by Crippen LogP contribution is -2.30. The van der Waals surface area contributed by atoms with Gasteiger partial charge in [0.25, 0.3) is 11.5 Å². The lowest BCUT2D eigenvalue weighted by Gasteiger charge is -2.14. The molecule has 1 heterocycles. The summed E-state index contributed by atoms with van der Waals surface area (Å²) < 4.78 is 5.14. The molecule has 8 heteroatoms. The van der Waals surface area contributed by atoms with Crippen LogP contribution in [0.1, 0.15) is 27.8 Å². The van der Waals surface area contributed by atoms with Crippen LogP contribution < -0.4 is 16.6 Å². The smallest absolute Gasteiger partial charge is 0.355 e. The summed E-state index contributed by atoms with van der Waals surface area (Å²) >= 11 is 0. The standard InChI is InChI=1S/C20H17N3O5/c1-11(18(25)22-14-8-6-12(7-9-14)17(21)24)28-20(27)16-10-13-4-2-3-5-15(13)19(26)23-16/h2-11H,1H3,(H2,21,24)(H,22,25)(H,23,26)/t11-/m1/s1. The van der Waals surface area contributed by atoms with Crippen molar-refractivity contribution in [1.29, 1.82) is 0 Å². The van der Waals surface area contributed by atoms with Gasteiger partial charge in [0.1, 0.15) is 5.69 Å². The molecule has 142 valence electrons. The zero-order valence-electron chi connectivity index (χ0n) is 14.9. The second kappa shape index (κ2) is 7.75. The van der Waals surface area contributed by atoms with Crippen LogP contribution in [0.3, 0.4) is 0 Å². The van der Waals surface area contributed by atoms with Crippen LogP contribution in [0, 0.1) is 0 Å². The summed E-state index contributed by atoms with van der Waals surface area (Å²) in [5.74, 6) is -1.97. The van der Waals surface area contributed by atoms with Gasteiger partial charge in [-0.15, -0.1) is 0 Å². The third-order valence-corrected chi connectivity index (χ3v) is 4.06. The number of pyridine rings is 1. The minimum atomic E-state index is -1.11. The van der Waals surface area contributed by atoms with Crippen LogP contribution in [-0.4, -0.2) is 28.9 Å². The number of nitrogens with two attached hydrogens (primary N) is 1. The molecule has 0 fully saturated rings. The van der Waals surface area contributed by atoms with Crippen molar-refractivity contribution in [3.05, 3.63) is 76.2 Å². The first-order valence-electron chi connectivity index (χ1n) is 8.39. The number of primary amides is 1. The molecule has 0 spiro atoms.